The number of hydrogen-bond acceptors (Lipinski definition) is 4. The lowest BCUT2D eigenvalue weighted by Gasteiger charge is -2.09. The van der Waals surface area contributed by atoms with Crippen LogP contribution < -0.4 is 5.32 Å². The molecule has 1 N–H and O–H groups in total. The van der Waals surface area contributed by atoms with E-state index in [9.17, 15) is 9.59 Å². The molecule has 5 heteroatoms. The first kappa shape index (κ1) is 19.1. The summed E-state index contributed by atoms with van der Waals surface area (Å²) in [5.74, 6) is -0.0628. The summed E-state index contributed by atoms with van der Waals surface area (Å²) in [6.07, 6.45) is 0. The highest BCUT2D eigenvalue weighted by Crippen LogP contribution is 2.16. The van der Waals surface area contributed by atoms with Gasteiger partial charge in [0.2, 0.25) is 5.91 Å². The minimum atomic E-state index is -0.315. The lowest BCUT2D eigenvalue weighted by molar-refractivity contribution is -0.141. The molecular formula is C20H23NO3S. The molecule has 4 nitrogen and oxygen atoms in total. The summed E-state index contributed by atoms with van der Waals surface area (Å²) in [5.41, 5.74) is 5.10. The number of aryl methyl sites for hydroxylation is 3. The van der Waals surface area contributed by atoms with E-state index >= 15 is 0 Å². The van der Waals surface area contributed by atoms with Crippen molar-refractivity contribution in [2.24, 2.45) is 0 Å². The number of thioether (sulfide) groups is 1. The van der Waals surface area contributed by atoms with Crippen molar-refractivity contribution in [3.05, 3.63) is 64.7 Å². The number of anilines is 1. The van der Waals surface area contributed by atoms with Gasteiger partial charge in [0.05, 0.1) is 11.5 Å². The third kappa shape index (κ3) is 6.63. The molecule has 2 rings (SSSR count). The van der Waals surface area contributed by atoms with Crippen LogP contribution in [0.25, 0.3) is 0 Å². The molecule has 0 spiro atoms. The van der Waals surface area contributed by atoms with Gasteiger partial charge in [-0.05, 0) is 38.0 Å². The zero-order chi connectivity index (χ0) is 18.2. The molecule has 0 aromatic heterocycles. The fourth-order valence-electron chi connectivity index (χ4n) is 2.26. The molecule has 0 heterocycles. The van der Waals surface area contributed by atoms with Crippen molar-refractivity contribution in [1.82, 2.24) is 0 Å². The number of ether oxygens (including phenoxy) is 1. The van der Waals surface area contributed by atoms with E-state index in [1.54, 1.807) is 0 Å². The highest BCUT2D eigenvalue weighted by molar-refractivity contribution is 8.00. The fourth-order valence-corrected chi connectivity index (χ4v) is 2.87. The molecule has 25 heavy (non-hydrogen) atoms. The van der Waals surface area contributed by atoms with Crippen LogP contribution in [-0.4, -0.2) is 23.4 Å². The van der Waals surface area contributed by atoms with E-state index in [4.69, 9.17) is 4.74 Å². The molecular weight excluding hydrogens is 334 g/mol. The molecule has 0 aliphatic heterocycles. The van der Waals surface area contributed by atoms with Gasteiger partial charge in [0.25, 0.3) is 0 Å². The van der Waals surface area contributed by atoms with Crippen molar-refractivity contribution in [2.45, 2.75) is 27.4 Å². The molecule has 132 valence electrons. The van der Waals surface area contributed by atoms with Crippen molar-refractivity contribution < 1.29 is 14.3 Å². The van der Waals surface area contributed by atoms with Crippen molar-refractivity contribution in [2.75, 3.05) is 16.8 Å². The van der Waals surface area contributed by atoms with Gasteiger partial charge in [0, 0.05) is 5.69 Å². The van der Waals surface area contributed by atoms with Crippen LogP contribution in [0.5, 0.6) is 0 Å². The Morgan fingerprint density at radius 1 is 0.960 bits per heavy atom. The Morgan fingerprint density at radius 3 is 2.32 bits per heavy atom. The fraction of sp³-hybridized carbons (Fsp3) is 0.300. The maximum Gasteiger partial charge on any atom is 0.316 e. The summed E-state index contributed by atoms with van der Waals surface area (Å²) in [4.78, 5) is 23.7. The number of hydrogen-bond donors (Lipinski definition) is 1. The number of nitrogens with one attached hydrogen (secondary N) is 1. The van der Waals surface area contributed by atoms with E-state index in [1.165, 1.54) is 17.3 Å². The van der Waals surface area contributed by atoms with E-state index in [-0.39, 0.29) is 30.0 Å². The zero-order valence-electron chi connectivity index (χ0n) is 14.8. The molecule has 0 unspecified atom stereocenters. The number of carbonyl (C=O) groups is 2. The first-order chi connectivity index (χ1) is 11.9. The molecule has 2 aromatic carbocycles. The van der Waals surface area contributed by atoms with E-state index in [0.29, 0.717) is 0 Å². The van der Waals surface area contributed by atoms with Crippen molar-refractivity contribution in [1.29, 1.82) is 0 Å². The maximum atomic E-state index is 12.0. The molecule has 1 amide bonds. The van der Waals surface area contributed by atoms with Gasteiger partial charge in [-0.1, -0.05) is 47.5 Å². The van der Waals surface area contributed by atoms with Crippen LogP contribution in [0.15, 0.2) is 42.5 Å². The second-order valence-electron chi connectivity index (χ2n) is 6.01. The third-order valence-corrected chi connectivity index (χ3v) is 4.54. The van der Waals surface area contributed by atoms with E-state index in [1.807, 2.05) is 63.2 Å². The SMILES string of the molecule is Cc1ccc(COC(=O)CSCC(=O)Nc2ccc(C)cc2C)cc1. The van der Waals surface area contributed by atoms with Crippen LogP contribution in [0.3, 0.4) is 0 Å². The maximum absolute atomic E-state index is 12.0. The summed E-state index contributed by atoms with van der Waals surface area (Å²) in [7, 11) is 0. The summed E-state index contributed by atoms with van der Waals surface area (Å²) in [6.45, 7) is 6.23. The smallest absolute Gasteiger partial charge is 0.316 e. The third-order valence-electron chi connectivity index (χ3n) is 3.63. The average Bonchev–Trinajstić information content (AvgIpc) is 2.57. The van der Waals surface area contributed by atoms with Gasteiger partial charge < -0.3 is 10.1 Å². The van der Waals surface area contributed by atoms with E-state index < -0.39 is 0 Å². The van der Waals surface area contributed by atoms with Crippen molar-refractivity contribution in [3.63, 3.8) is 0 Å². The molecule has 0 saturated carbocycles. The molecule has 0 bridgehead atoms. The molecule has 0 aliphatic rings. The van der Waals surface area contributed by atoms with Crippen molar-refractivity contribution in [3.8, 4) is 0 Å². The molecule has 0 fully saturated rings. The Morgan fingerprint density at radius 2 is 1.64 bits per heavy atom. The van der Waals surface area contributed by atoms with Gasteiger partial charge in [-0.3, -0.25) is 9.59 Å². The lowest BCUT2D eigenvalue weighted by atomic mass is 10.1. The lowest BCUT2D eigenvalue weighted by Crippen LogP contribution is -2.16. The van der Waals surface area contributed by atoms with Gasteiger partial charge in [-0.15, -0.1) is 11.8 Å². The van der Waals surface area contributed by atoms with Crippen LogP contribution in [0.2, 0.25) is 0 Å². The summed E-state index contributed by atoms with van der Waals surface area (Å²) < 4.78 is 5.21. The molecule has 0 atom stereocenters. The Labute approximate surface area is 153 Å². The van der Waals surface area contributed by atoms with Gasteiger partial charge in [-0.2, -0.15) is 0 Å². The zero-order valence-corrected chi connectivity index (χ0v) is 15.6. The second kappa shape index (κ2) is 9.28. The number of rotatable bonds is 7. The summed E-state index contributed by atoms with van der Waals surface area (Å²) >= 11 is 1.25. The summed E-state index contributed by atoms with van der Waals surface area (Å²) in [5, 5.41) is 2.86. The Bertz CT molecular complexity index is 741. The molecule has 0 aliphatic carbocycles. The molecule has 2 aromatic rings. The van der Waals surface area contributed by atoms with E-state index in [2.05, 4.69) is 5.32 Å². The first-order valence-corrected chi connectivity index (χ1v) is 9.25. The number of benzene rings is 2. The monoisotopic (exact) mass is 357 g/mol. The quantitative estimate of drug-likeness (QED) is 0.760. The predicted molar refractivity (Wildman–Crippen MR) is 103 cm³/mol. The van der Waals surface area contributed by atoms with Gasteiger partial charge in [0.1, 0.15) is 6.61 Å². The highest BCUT2D eigenvalue weighted by atomic mass is 32.2. The van der Waals surface area contributed by atoms with Gasteiger partial charge >= 0.3 is 5.97 Å². The van der Waals surface area contributed by atoms with Gasteiger partial charge in [-0.25, -0.2) is 0 Å². The minimum Gasteiger partial charge on any atom is -0.460 e. The van der Waals surface area contributed by atoms with E-state index in [0.717, 1.165) is 22.4 Å². The second-order valence-corrected chi connectivity index (χ2v) is 6.99. The Hall–Kier alpha value is -2.27. The normalized spacial score (nSPS) is 10.4. The van der Waals surface area contributed by atoms with Crippen LogP contribution >= 0.6 is 11.8 Å². The van der Waals surface area contributed by atoms with Crippen LogP contribution in [0.4, 0.5) is 5.69 Å². The van der Waals surface area contributed by atoms with Crippen LogP contribution in [0, 0.1) is 20.8 Å². The number of carbonyl (C=O) groups excluding carboxylic acids is 2. The highest BCUT2D eigenvalue weighted by Gasteiger charge is 2.08. The molecule has 0 saturated heterocycles. The first-order valence-electron chi connectivity index (χ1n) is 8.10. The number of esters is 1. The average molecular weight is 357 g/mol. The standard InChI is InChI=1S/C20H23NO3S/c1-14-4-7-17(8-5-14)11-24-20(23)13-25-12-19(22)21-18-9-6-15(2)10-16(18)3/h4-10H,11-13H2,1-3H3,(H,21,22). The predicted octanol–water partition coefficient (Wildman–Crippen LogP) is 4.03. The van der Waals surface area contributed by atoms with Gasteiger partial charge in [0.15, 0.2) is 0 Å². The topological polar surface area (TPSA) is 55.4 Å². The van der Waals surface area contributed by atoms with Crippen molar-refractivity contribution >= 4 is 29.3 Å². The summed E-state index contributed by atoms with van der Waals surface area (Å²) in [6, 6.07) is 13.7. The Balaban J connectivity index is 1.68. The largest absolute Gasteiger partial charge is 0.460 e. The number of amides is 1. The Kier molecular flexibility index (Phi) is 7.07. The minimum absolute atomic E-state index is 0.122. The van der Waals surface area contributed by atoms with Crippen LogP contribution in [-0.2, 0) is 20.9 Å². The molecule has 0 radical (unpaired) electrons. The van der Waals surface area contributed by atoms with Crippen LogP contribution in [0.1, 0.15) is 22.3 Å².